The summed E-state index contributed by atoms with van der Waals surface area (Å²) in [4.78, 5) is 1.52. The summed E-state index contributed by atoms with van der Waals surface area (Å²) in [5.41, 5.74) is -0.0662. The standard InChI is InChI=1S/C13H17F3N2O.ClH/c14-11-4-2-1-3-10(11)12(13(15,16)9-19)18-7-5-17-6-8-18;/h1-4,12,17,19H,5-9H2;1H/t12-;/m0./s1. The van der Waals surface area contributed by atoms with Gasteiger partial charge in [-0.15, -0.1) is 12.4 Å². The molecule has 1 aliphatic rings. The van der Waals surface area contributed by atoms with Gasteiger partial charge in [0.25, 0.3) is 5.92 Å². The van der Waals surface area contributed by atoms with Crippen LogP contribution in [0.4, 0.5) is 13.2 Å². The van der Waals surface area contributed by atoms with Gasteiger partial charge in [-0.25, -0.2) is 13.2 Å². The number of alkyl halides is 2. The van der Waals surface area contributed by atoms with Gasteiger partial charge in [0.1, 0.15) is 18.5 Å². The monoisotopic (exact) mass is 310 g/mol. The second kappa shape index (κ2) is 7.26. The largest absolute Gasteiger partial charge is 0.390 e. The summed E-state index contributed by atoms with van der Waals surface area (Å²) >= 11 is 0. The molecule has 0 unspecified atom stereocenters. The lowest BCUT2D eigenvalue weighted by atomic mass is 9.97. The molecule has 1 saturated heterocycles. The molecule has 1 atom stereocenters. The van der Waals surface area contributed by atoms with E-state index in [1.54, 1.807) is 0 Å². The zero-order chi connectivity index (χ0) is 13.9. The molecule has 20 heavy (non-hydrogen) atoms. The van der Waals surface area contributed by atoms with Crippen LogP contribution in [0.2, 0.25) is 0 Å². The van der Waals surface area contributed by atoms with Crippen LogP contribution >= 0.6 is 12.4 Å². The molecule has 0 amide bonds. The third-order valence-corrected chi connectivity index (χ3v) is 3.33. The van der Waals surface area contributed by atoms with Gasteiger partial charge in [-0.2, -0.15) is 0 Å². The highest BCUT2D eigenvalue weighted by Gasteiger charge is 2.45. The van der Waals surface area contributed by atoms with Gasteiger partial charge in [0, 0.05) is 31.7 Å². The number of hydrogen-bond acceptors (Lipinski definition) is 3. The van der Waals surface area contributed by atoms with E-state index in [-0.39, 0.29) is 18.0 Å². The average Bonchev–Trinajstić information content (AvgIpc) is 2.42. The summed E-state index contributed by atoms with van der Waals surface area (Å²) in [6, 6.07) is 4.08. The van der Waals surface area contributed by atoms with E-state index in [2.05, 4.69) is 5.32 Å². The van der Waals surface area contributed by atoms with Crippen LogP contribution in [-0.4, -0.2) is 48.7 Å². The van der Waals surface area contributed by atoms with Crippen molar-refractivity contribution in [1.82, 2.24) is 10.2 Å². The molecule has 7 heteroatoms. The van der Waals surface area contributed by atoms with Gasteiger partial charge in [0.15, 0.2) is 0 Å². The first-order valence-electron chi connectivity index (χ1n) is 6.24. The lowest BCUT2D eigenvalue weighted by Gasteiger charge is -2.38. The van der Waals surface area contributed by atoms with Gasteiger partial charge in [-0.05, 0) is 6.07 Å². The van der Waals surface area contributed by atoms with Gasteiger partial charge in [-0.3, -0.25) is 4.90 Å². The average molecular weight is 311 g/mol. The molecule has 0 radical (unpaired) electrons. The highest BCUT2D eigenvalue weighted by molar-refractivity contribution is 5.85. The van der Waals surface area contributed by atoms with Crippen molar-refractivity contribution >= 4 is 12.4 Å². The molecular formula is C13H18ClF3N2O. The number of aliphatic hydroxyl groups is 1. The summed E-state index contributed by atoms with van der Waals surface area (Å²) in [7, 11) is 0. The molecule has 1 aromatic rings. The van der Waals surface area contributed by atoms with E-state index in [1.165, 1.54) is 23.1 Å². The van der Waals surface area contributed by atoms with Crippen LogP contribution in [-0.2, 0) is 0 Å². The van der Waals surface area contributed by atoms with Crippen LogP contribution < -0.4 is 5.32 Å². The quantitative estimate of drug-likeness (QED) is 0.890. The predicted octanol–water partition coefficient (Wildman–Crippen LogP) is 1.82. The summed E-state index contributed by atoms with van der Waals surface area (Å²) in [5, 5.41) is 12.0. The fourth-order valence-corrected chi connectivity index (χ4v) is 2.41. The first kappa shape index (κ1) is 17.2. The molecule has 1 aromatic carbocycles. The van der Waals surface area contributed by atoms with E-state index < -0.39 is 24.4 Å². The van der Waals surface area contributed by atoms with Gasteiger partial charge < -0.3 is 10.4 Å². The smallest absolute Gasteiger partial charge is 0.290 e. The highest BCUT2D eigenvalue weighted by Crippen LogP contribution is 2.37. The molecule has 114 valence electrons. The number of aliphatic hydroxyl groups excluding tert-OH is 1. The molecule has 1 fully saturated rings. The van der Waals surface area contributed by atoms with E-state index in [4.69, 9.17) is 5.11 Å². The Hall–Kier alpha value is -0.820. The number of nitrogens with zero attached hydrogens (tertiary/aromatic N) is 1. The van der Waals surface area contributed by atoms with E-state index >= 15 is 0 Å². The Morgan fingerprint density at radius 2 is 1.85 bits per heavy atom. The fourth-order valence-electron chi connectivity index (χ4n) is 2.41. The number of nitrogens with one attached hydrogen (secondary N) is 1. The second-order valence-corrected chi connectivity index (χ2v) is 4.63. The topological polar surface area (TPSA) is 35.5 Å². The molecule has 0 saturated carbocycles. The lowest BCUT2D eigenvalue weighted by molar-refractivity contribution is -0.119. The fraction of sp³-hybridized carbons (Fsp3) is 0.538. The summed E-state index contributed by atoms with van der Waals surface area (Å²) in [5.74, 6) is -4.04. The first-order chi connectivity index (χ1) is 9.06. The van der Waals surface area contributed by atoms with Gasteiger partial charge >= 0.3 is 0 Å². The lowest BCUT2D eigenvalue weighted by Crippen LogP contribution is -2.51. The maximum Gasteiger partial charge on any atom is 0.290 e. The van der Waals surface area contributed by atoms with Crippen LogP contribution in [0.1, 0.15) is 11.6 Å². The van der Waals surface area contributed by atoms with Crippen LogP contribution in [0.15, 0.2) is 24.3 Å². The molecule has 2 rings (SSSR count). The van der Waals surface area contributed by atoms with Gasteiger partial charge in [0.2, 0.25) is 0 Å². The van der Waals surface area contributed by atoms with E-state index in [1.807, 2.05) is 0 Å². The Morgan fingerprint density at radius 3 is 2.40 bits per heavy atom. The number of halogens is 4. The molecule has 0 aromatic heterocycles. The number of hydrogen-bond donors (Lipinski definition) is 2. The second-order valence-electron chi connectivity index (χ2n) is 4.63. The zero-order valence-corrected chi connectivity index (χ0v) is 11.7. The molecule has 0 bridgehead atoms. The highest BCUT2D eigenvalue weighted by atomic mass is 35.5. The maximum atomic E-state index is 14.0. The third kappa shape index (κ3) is 3.63. The molecule has 3 nitrogen and oxygen atoms in total. The Labute approximate surface area is 122 Å². The Kier molecular flexibility index (Phi) is 6.26. The van der Waals surface area contributed by atoms with Crippen molar-refractivity contribution in [2.45, 2.75) is 12.0 Å². The predicted molar refractivity (Wildman–Crippen MR) is 72.9 cm³/mol. The summed E-state index contributed by atoms with van der Waals surface area (Å²) in [6.07, 6.45) is 0. The summed E-state index contributed by atoms with van der Waals surface area (Å²) < 4.78 is 41.8. The molecule has 1 heterocycles. The normalized spacial score (nSPS) is 18.4. The molecule has 0 aliphatic carbocycles. The van der Waals surface area contributed by atoms with Crippen molar-refractivity contribution in [3.8, 4) is 0 Å². The molecule has 1 aliphatic heterocycles. The van der Waals surface area contributed by atoms with Crippen molar-refractivity contribution in [1.29, 1.82) is 0 Å². The van der Waals surface area contributed by atoms with Gasteiger partial charge in [0.05, 0.1) is 0 Å². The number of benzene rings is 1. The van der Waals surface area contributed by atoms with Crippen LogP contribution in [0.25, 0.3) is 0 Å². The van der Waals surface area contributed by atoms with Crippen LogP contribution in [0.5, 0.6) is 0 Å². The number of rotatable bonds is 4. The minimum atomic E-state index is -3.38. The zero-order valence-electron chi connectivity index (χ0n) is 10.9. The Balaban J connectivity index is 0.00000200. The van der Waals surface area contributed by atoms with Crippen molar-refractivity contribution in [2.24, 2.45) is 0 Å². The van der Waals surface area contributed by atoms with E-state index in [0.29, 0.717) is 26.2 Å². The molecular weight excluding hydrogens is 293 g/mol. The summed E-state index contributed by atoms with van der Waals surface area (Å²) in [6.45, 7) is 0.651. The minimum absolute atomic E-state index is 0. The van der Waals surface area contributed by atoms with Gasteiger partial charge in [-0.1, -0.05) is 18.2 Å². The third-order valence-electron chi connectivity index (χ3n) is 3.33. The van der Waals surface area contributed by atoms with E-state index in [9.17, 15) is 13.2 Å². The first-order valence-corrected chi connectivity index (χ1v) is 6.24. The van der Waals surface area contributed by atoms with Crippen molar-refractivity contribution in [3.05, 3.63) is 35.6 Å². The van der Waals surface area contributed by atoms with Crippen LogP contribution in [0.3, 0.4) is 0 Å². The van der Waals surface area contributed by atoms with E-state index in [0.717, 1.165) is 6.07 Å². The SMILES string of the molecule is Cl.OCC(F)(F)[C@H](c1ccccc1F)N1CCNCC1. The molecule has 2 N–H and O–H groups in total. The number of piperazine rings is 1. The Morgan fingerprint density at radius 1 is 1.25 bits per heavy atom. The van der Waals surface area contributed by atoms with Crippen molar-refractivity contribution in [2.75, 3.05) is 32.8 Å². The maximum absolute atomic E-state index is 14.0. The molecule has 0 spiro atoms. The van der Waals surface area contributed by atoms with Crippen LogP contribution in [0, 0.1) is 5.82 Å². The Bertz CT molecular complexity index is 428. The van der Waals surface area contributed by atoms with Crippen molar-refractivity contribution < 1.29 is 18.3 Å². The minimum Gasteiger partial charge on any atom is -0.390 e. The van der Waals surface area contributed by atoms with Crippen molar-refractivity contribution in [3.63, 3.8) is 0 Å².